The van der Waals surface area contributed by atoms with Crippen molar-refractivity contribution in [3.63, 3.8) is 0 Å². The number of piperidine rings is 1. The first-order valence-corrected chi connectivity index (χ1v) is 13.6. The number of rotatable bonds is 6. The van der Waals surface area contributed by atoms with Crippen molar-refractivity contribution >= 4 is 43.2 Å². The van der Waals surface area contributed by atoms with Gasteiger partial charge in [0.2, 0.25) is 15.9 Å². The topological polar surface area (TPSA) is 88.6 Å². The zero-order chi connectivity index (χ0) is 24.4. The Morgan fingerprint density at radius 3 is 2.57 bits per heavy atom. The summed E-state index contributed by atoms with van der Waals surface area (Å²) in [5.74, 6) is -0.0416. The number of nitrogens with zero attached hydrogens (tertiary/aromatic N) is 2. The number of thiazole rings is 1. The Balaban J connectivity index is 1.34. The van der Waals surface area contributed by atoms with E-state index in [0.29, 0.717) is 30.8 Å². The molecule has 5 rings (SSSR count). The van der Waals surface area contributed by atoms with Gasteiger partial charge in [0.15, 0.2) is 0 Å². The van der Waals surface area contributed by atoms with Crippen LogP contribution in [-0.4, -0.2) is 43.8 Å². The van der Waals surface area contributed by atoms with E-state index in [0.717, 1.165) is 20.8 Å². The van der Waals surface area contributed by atoms with Crippen LogP contribution in [0.2, 0.25) is 0 Å². The van der Waals surface area contributed by atoms with Crippen LogP contribution in [0.25, 0.3) is 20.8 Å². The van der Waals surface area contributed by atoms with Gasteiger partial charge in [-0.2, -0.15) is 4.31 Å². The van der Waals surface area contributed by atoms with E-state index in [1.54, 1.807) is 23.5 Å². The zero-order valence-corrected chi connectivity index (χ0v) is 20.8. The van der Waals surface area contributed by atoms with Gasteiger partial charge in [0.25, 0.3) is 0 Å². The SMILES string of the molecule is COc1ccc(S(=O)(=O)N2CCCC(C(=O)Nc3ccccc3-c3nc4ccccc4s3)C2)cc1. The number of ether oxygens (including phenoxy) is 1. The first-order valence-electron chi connectivity index (χ1n) is 11.4. The number of sulfonamides is 1. The Bertz CT molecular complexity index is 1430. The Morgan fingerprint density at radius 1 is 1.06 bits per heavy atom. The van der Waals surface area contributed by atoms with E-state index in [1.165, 1.54) is 23.5 Å². The molecule has 2 heterocycles. The summed E-state index contributed by atoms with van der Waals surface area (Å²) >= 11 is 1.57. The number of benzene rings is 3. The summed E-state index contributed by atoms with van der Waals surface area (Å²) in [6, 6.07) is 21.8. The average Bonchev–Trinajstić information content (AvgIpc) is 3.33. The summed E-state index contributed by atoms with van der Waals surface area (Å²) in [5, 5.41) is 3.87. The predicted octanol–water partition coefficient (Wildman–Crippen LogP) is 5.01. The van der Waals surface area contributed by atoms with E-state index in [4.69, 9.17) is 9.72 Å². The molecule has 35 heavy (non-hydrogen) atoms. The highest BCUT2D eigenvalue weighted by atomic mass is 32.2. The van der Waals surface area contributed by atoms with Gasteiger partial charge >= 0.3 is 0 Å². The van der Waals surface area contributed by atoms with Crippen molar-refractivity contribution in [3.8, 4) is 16.3 Å². The molecule has 9 heteroatoms. The van der Waals surface area contributed by atoms with Crippen molar-refractivity contribution in [3.05, 3.63) is 72.8 Å². The molecular formula is C26H25N3O4S2. The molecule has 1 amide bonds. The van der Waals surface area contributed by atoms with Crippen LogP contribution in [0.4, 0.5) is 5.69 Å². The number of carbonyl (C=O) groups excluding carboxylic acids is 1. The van der Waals surface area contributed by atoms with Crippen molar-refractivity contribution in [2.24, 2.45) is 5.92 Å². The molecule has 1 aliphatic heterocycles. The van der Waals surface area contributed by atoms with Crippen LogP contribution in [0.1, 0.15) is 12.8 Å². The molecule has 1 aromatic heterocycles. The molecule has 1 saturated heterocycles. The van der Waals surface area contributed by atoms with Gasteiger partial charge in [-0.3, -0.25) is 4.79 Å². The number of aromatic nitrogens is 1. The fourth-order valence-electron chi connectivity index (χ4n) is 4.27. The molecule has 0 aliphatic carbocycles. The number of hydrogen-bond acceptors (Lipinski definition) is 6. The third kappa shape index (κ3) is 4.80. The summed E-state index contributed by atoms with van der Waals surface area (Å²) in [5.41, 5.74) is 2.44. The van der Waals surface area contributed by atoms with Gasteiger partial charge in [0.05, 0.1) is 33.8 Å². The van der Waals surface area contributed by atoms with Gasteiger partial charge < -0.3 is 10.1 Å². The third-order valence-electron chi connectivity index (χ3n) is 6.16. The van der Waals surface area contributed by atoms with E-state index >= 15 is 0 Å². The van der Waals surface area contributed by atoms with Crippen LogP contribution >= 0.6 is 11.3 Å². The van der Waals surface area contributed by atoms with E-state index in [9.17, 15) is 13.2 Å². The first kappa shape index (κ1) is 23.5. The van der Waals surface area contributed by atoms with Crippen LogP contribution in [0.3, 0.4) is 0 Å². The first-order chi connectivity index (χ1) is 17.0. The van der Waals surface area contributed by atoms with Gasteiger partial charge in [-0.05, 0) is 61.4 Å². The largest absolute Gasteiger partial charge is 0.497 e. The fourth-order valence-corrected chi connectivity index (χ4v) is 6.80. The molecule has 7 nitrogen and oxygen atoms in total. The Labute approximate surface area is 208 Å². The number of anilines is 1. The number of para-hydroxylation sites is 2. The molecule has 0 bridgehead atoms. The van der Waals surface area contributed by atoms with Gasteiger partial charge in [-0.1, -0.05) is 24.3 Å². The standard InChI is InChI=1S/C26H25N3O4S2/c1-33-19-12-14-20(15-13-19)35(31,32)29-16-6-7-18(17-29)25(30)27-22-9-3-2-8-21(22)26-28-23-10-4-5-11-24(23)34-26/h2-5,8-15,18H,6-7,16-17H2,1H3,(H,27,30). The van der Waals surface area contributed by atoms with Gasteiger partial charge in [0.1, 0.15) is 10.8 Å². The minimum Gasteiger partial charge on any atom is -0.497 e. The molecule has 180 valence electrons. The van der Waals surface area contributed by atoms with Gasteiger partial charge in [0, 0.05) is 18.7 Å². The predicted molar refractivity (Wildman–Crippen MR) is 138 cm³/mol. The summed E-state index contributed by atoms with van der Waals surface area (Å²) in [7, 11) is -2.17. The Hall–Kier alpha value is -3.27. The number of hydrogen-bond donors (Lipinski definition) is 1. The quantitative estimate of drug-likeness (QED) is 0.396. The van der Waals surface area contributed by atoms with Crippen molar-refractivity contribution in [2.45, 2.75) is 17.7 Å². The fraction of sp³-hybridized carbons (Fsp3) is 0.231. The molecule has 1 unspecified atom stereocenters. The normalized spacial score (nSPS) is 16.8. The summed E-state index contributed by atoms with van der Waals surface area (Å²) in [6.45, 7) is 0.532. The zero-order valence-electron chi connectivity index (χ0n) is 19.2. The summed E-state index contributed by atoms with van der Waals surface area (Å²) in [4.78, 5) is 18.2. The lowest BCUT2D eigenvalue weighted by Gasteiger charge is -2.31. The molecule has 1 N–H and O–H groups in total. The maximum Gasteiger partial charge on any atom is 0.243 e. The lowest BCUT2D eigenvalue weighted by molar-refractivity contribution is -0.120. The minimum absolute atomic E-state index is 0.142. The van der Waals surface area contributed by atoms with Gasteiger partial charge in [-0.25, -0.2) is 13.4 Å². The number of methoxy groups -OCH3 is 1. The lowest BCUT2D eigenvalue weighted by atomic mass is 9.98. The summed E-state index contributed by atoms with van der Waals surface area (Å²) < 4.78 is 34.0. The highest BCUT2D eigenvalue weighted by Gasteiger charge is 2.33. The van der Waals surface area contributed by atoms with E-state index in [2.05, 4.69) is 5.32 Å². The van der Waals surface area contributed by atoms with Crippen molar-refractivity contribution in [1.82, 2.24) is 9.29 Å². The number of nitrogens with one attached hydrogen (secondary N) is 1. The summed E-state index contributed by atoms with van der Waals surface area (Å²) in [6.07, 6.45) is 1.25. The number of fused-ring (bicyclic) bond motifs is 1. The minimum atomic E-state index is -3.70. The molecule has 1 aliphatic rings. The molecule has 1 fully saturated rings. The van der Waals surface area contributed by atoms with E-state index in [1.807, 2.05) is 48.5 Å². The average molecular weight is 508 g/mol. The molecule has 3 aromatic carbocycles. The van der Waals surface area contributed by atoms with Crippen LogP contribution in [-0.2, 0) is 14.8 Å². The number of amides is 1. The molecule has 0 radical (unpaired) electrons. The molecule has 0 spiro atoms. The lowest BCUT2D eigenvalue weighted by Crippen LogP contribution is -2.43. The van der Waals surface area contributed by atoms with E-state index < -0.39 is 15.9 Å². The molecule has 4 aromatic rings. The molecule has 1 atom stereocenters. The maximum absolute atomic E-state index is 13.2. The van der Waals surface area contributed by atoms with Gasteiger partial charge in [-0.15, -0.1) is 11.3 Å². The Kier molecular flexibility index (Phi) is 6.55. The second-order valence-electron chi connectivity index (χ2n) is 8.40. The second kappa shape index (κ2) is 9.77. The maximum atomic E-state index is 13.2. The number of carbonyl (C=O) groups is 1. The molecular weight excluding hydrogens is 482 g/mol. The van der Waals surface area contributed by atoms with Crippen LogP contribution in [0.15, 0.2) is 77.7 Å². The smallest absolute Gasteiger partial charge is 0.243 e. The molecule has 0 saturated carbocycles. The monoisotopic (exact) mass is 507 g/mol. The van der Waals surface area contributed by atoms with Crippen molar-refractivity contribution in [1.29, 1.82) is 0 Å². The highest BCUT2D eigenvalue weighted by Crippen LogP contribution is 2.35. The van der Waals surface area contributed by atoms with Crippen LogP contribution in [0.5, 0.6) is 5.75 Å². The third-order valence-corrected chi connectivity index (χ3v) is 9.11. The highest BCUT2D eigenvalue weighted by molar-refractivity contribution is 7.89. The Morgan fingerprint density at radius 2 is 1.80 bits per heavy atom. The van der Waals surface area contributed by atoms with Crippen LogP contribution < -0.4 is 10.1 Å². The van der Waals surface area contributed by atoms with Crippen LogP contribution in [0, 0.1) is 5.92 Å². The van der Waals surface area contributed by atoms with E-state index in [-0.39, 0.29) is 17.3 Å². The van der Waals surface area contributed by atoms with Crippen molar-refractivity contribution < 1.29 is 17.9 Å². The second-order valence-corrected chi connectivity index (χ2v) is 11.4. The van der Waals surface area contributed by atoms with Crippen molar-refractivity contribution in [2.75, 3.05) is 25.5 Å².